The van der Waals surface area contributed by atoms with Gasteiger partial charge in [-0.3, -0.25) is 9.59 Å². The number of aromatic nitrogens is 3. The van der Waals surface area contributed by atoms with E-state index in [-0.39, 0.29) is 25.5 Å². The molecule has 31 heavy (non-hydrogen) atoms. The summed E-state index contributed by atoms with van der Waals surface area (Å²) in [4.78, 5) is 29.2. The summed E-state index contributed by atoms with van der Waals surface area (Å²) in [6, 6.07) is 15.3. The van der Waals surface area contributed by atoms with Gasteiger partial charge < -0.3 is 14.8 Å². The molecule has 158 valence electrons. The van der Waals surface area contributed by atoms with E-state index in [1.165, 1.54) is 10.8 Å². The highest BCUT2D eigenvalue weighted by Crippen LogP contribution is 2.34. The van der Waals surface area contributed by atoms with Crippen LogP contribution in [0.25, 0.3) is 16.4 Å². The minimum Gasteiger partial charge on any atom is -0.486 e. The van der Waals surface area contributed by atoms with Crippen LogP contribution in [-0.4, -0.2) is 39.6 Å². The molecule has 0 aliphatic carbocycles. The quantitative estimate of drug-likeness (QED) is 0.405. The van der Waals surface area contributed by atoms with Crippen molar-refractivity contribution < 1.29 is 19.1 Å². The maximum absolute atomic E-state index is 13.1. The molecule has 8 nitrogen and oxygen atoms in total. The molecule has 0 unspecified atom stereocenters. The third-order valence-electron chi connectivity index (χ3n) is 4.58. The highest BCUT2D eigenvalue weighted by Gasteiger charge is 2.24. The normalized spacial score (nSPS) is 10.9. The average molecular weight is 483 g/mol. The molecular weight excluding hydrogens is 464 g/mol. The minimum absolute atomic E-state index is 0.155. The molecule has 1 amide bonds. The van der Waals surface area contributed by atoms with Crippen LogP contribution in [0.15, 0.2) is 59.3 Å². The van der Waals surface area contributed by atoms with E-state index in [4.69, 9.17) is 9.47 Å². The van der Waals surface area contributed by atoms with Gasteiger partial charge in [0, 0.05) is 15.2 Å². The molecule has 0 aliphatic rings. The number of nitrogens with zero attached hydrogens (tertiary/aromatic N) is 3. The van der Waals surface area contributed by atoms with Crippen LogP contribution >= 0.6 is 15.9 Å². The number of hydrogen-bond donors (Lipinski definition) is 1. The summed E-state index contributed by atoms with van der Waals surface area (Å²) < 4.78 is 13.3. The summed E-state index contributed by atoms with van der Waals surface area (Å²) in [5.74, 6) is -0.690. The first-order valence-electron chi connectivity index (χ1n) is 9.64. The van der Waals surface area contributed by atoms with Crippen LogP contribution in [-0.2, 0) is 16.1 Å². The zero-order chi connectivity index (χ0) is 21.8. The Morgan fingerprint density at radius 3 is 2.71 bits per heavy atom. The lowest BCUT2D eigenvalue weighted by atomic mass is 10.1. The number of ether oxygens (including phenoxy) is 2. The predicted molar refractivity (Wildman–Crippen MR) is 118 cm³/mol. The number of halogens is 1. The summed E-state index contributed by atoms with van der Waals surface area (Å²) >= 11 is 3.48. The molecule has 0 saturated carbocycles. The van der Waals surface area contributed by atoms with Crippen LogP contribution in [0.1, 0.15) is 23.0 Å². The Morgan fingerprint density at radius 1 is 1.13 bits per heavy atom. The van der Waals surface area contributed by atoms with Crippen LogP contribution in [0.3, 0.4) is 0 Å². The van der Waals surface area contributed by atoms with Crippen molar-refractivity contribution in [2.24, 2.45) is 0 Å². The van der Waals surface area contributed by atoms with Gasteiger partial charge in [-0.1, -0.05) is 46.3 Å². The molecule has 2 aromatic heterocycles. The van der Waals surface area contributed by atoms with Gasteiger partial charge in [0.25, 0.3) is 5.91 Å². The number of pyridine rings is 1. The monoisotopic (exact) mass is 482 g/mol. The van der Waals surface area contributed by atoms with Crippen molar-refractivity contribution in [2.75, 3.05) is 13.2 Å². The Bertz CT molecular complexity index is 1260. The number of nitrogens with one attached hydrogen (secondary N) is 1. The molecular formula is C22H19BrN4O4. The highest BCUT2D eigenvalue weighted by molar-refractivity contribution is 9.10. The van der Waals surface area contributed by atoms with Crippen molar-refractivity contribution in [1.29, 1.82) is 0 Å². The number of carbonyl (C=O) groups is 2. The van der Waals surface area contributed by atoms with Gasteiger partial charge in [-0.25, -0.2) is 9.50 Å². The third-order valence-corrected chi connectivity index (χ3v) is 5.07. The fraction of sp³-hybridized carbons (Fsp3) is 0.182. The van der Waals surface area contributed by atoms with Gasteiger partial charge in [-0.2, -0.15) is 5.10 Å². The van der Waals surface area contributed by atoms with Crippen molar-refractivity contribution in [2.45, 2.75) is 13.5 Å². The largest absolute Gasteiger partial charge is 0.486 e. The lowest BCUT2D eigenvalue weighted by Gasteiger charge is -2.16. The first-order chi connectivity index (χ1) is 15.1. The fourth-order valence-corrected chi connectivity index (χ4v) is 3.60. The van der Waals surface area contributed by atoms with Crippen molar-refractivity contribution >= 4 is 44.2 Å². The molecule has 0 atom stereocenters. The Balaban J connectivity index is 1.81. The van der Waals surface area contributed by atoms with Crippen LogP contribution in [0.2, 0.25) is 0 Å². The molecule has 0 aliphatic heterocycles. The van der Waals surface area contributed by atoms with Crippen molar-refractivity contribution in [3.63, 3.8) is 0 Å². The summed E-state index contributed by atoms with van der Waals surface area (Å²) in [5.41, 5.74) is 1.61. The third kappa shape index (κ3) is 4.36. The zero-order valence-electron chi connectivity index (χ0n) is 16.7. The second-order valence-corrected chi connectivity index (χ2v) is 7.54. The number of benzene rings is 2. The molecule has 4 rings (SSSR count). The summed E-state index contributed by atoms with van der Waals surface area (Å²) in [5, 5.41) is 8.30. The van der Waals surface area contributed by atoms with Gasteiger partial charge in [0.2, 0.25) is 0 Å². The van der Waals surface area contributed by atoms with Crippen molar-refractivity contribution in [3.8, 4) is 5.75 Å². The second-order valence-electron chi connectivity index (χ2n) is 6.63. The molecule has 0 fully saturated rings. The molecule has 9 heteroatoms. The topological polar surface area (TPSA) is 94.8 Å². The molecule has 0 spiro atoms. The molecule has 0 saturated heterocycles. The second kappa shape index (κ2) is 9.13. The number of carbonyl (C=O) groups excluding carboxylic acids is 2. The maximum atomic E-state index is 13.1. The van der Waals surface area contributed by atoms with Crippen LogP contribution < -0.4 is 10.1 Å². The van der Waals surface area contributed by atoms with E-state index in [1.807, 2.05) is 48.5 Å². The van der Waals surface area contributed by atoms with Gasteiger partial charge in [-0.05, 0) is 30.7 Å². The lowest BCUT2D eigenvalue weighted by Crippen LogP contribution is -2.32. The fourth-order valence-electron chi connectivity index (χ4n) is 3.24. The van der Waals surface area contributed by atoms with E-state index in [0.29, 0.717) is 16.8 Å². The summed E-state index contributed by atoms with van der Waals surface area (Å²) in [7, 11) is 0. The number of esters is 1. The van der Waals surface area contributed by atoms with E-state index >= 15 is 0 Å². The number of amides is 1. The van der Waals surface area contributed by atoms with Crippen LogP contribution in [0.5, 0.6) is 5.75 Å². The molecule has 1 N–H and O–H groups in total. The van der Waals surface area contributed by atoms with Gasteiger partial charge in [-0.15, -0.1) is 0 Å². The van der Waals surface area contributed by atoms with Crippen molar-refractivity contribution in [1.82, 2.24) is 19.9 Å². The molecule has 4 aromatic rings. The Morgan fingerprint density at radius 2 is 1.94 bits per heavy atom. The highest BCUT2D eigenvalue weighted by atomic mass is 79.9. The van der Waals surface area contributed by atoms with Crippen LogP contribution in [0.4, 0.5) is 0 Å². The minimum atomic E-state index is -0.526. The smallest absolute Gasteiger partial charge is 0.325 e. The SMILES string of the molecule is CCOC(=O)CNC(=O)c1c(OCc2ccccc2)c2ccc(Br)cc2c2ncnn12. The van der Waals surface area contributed by atoms with E-state index in [1.54, 1.807) is 6.92 Å². The number of hydrogen-bond acceptors (Lipinski definition) is 6. The van der Waals surface area contributed by atoms with Gasteiger partial charge >= 0.3 is 5.97 Å². The van der Waals surface area contributed by atoms with Gasteiger partial charge in [0.05, 0.1) is 6.61 Å². The molecule has 0 bridgehead atoms. The van der Waals surface area contributed by atoms with E-state index < -0.39 is 11.9 Å². The average Bonchev–Trinajstić information content (AvgIpc) is 3.26. The first-order valence-corrected chi connectivity index (χ1v) is 10.4. The summed E-state index contributed by atoms with van der Waals surface area (Å²) in [6.45, 7) is 1.93. The Hall–Kier alpha value is -3.46. The van der Waals surface area contributed by atoms with Crippen LogP contribution in [0, 0.1) is 0 Å². The standard InChI is InChI=1S/C22H19BrN4O4/c1-2-30-18(28)11-24-22(29)19-20(31-12-14-6-4-3-5-7-14)16-9-8-15(23)10-17(16)21-25-13-26-27(19)21/h3-10,13H,2,11-12H2,1H3,(H,24,29). The summed E-state index contributed by atoms with van der Waals surface area (Å²) in [6.07, 6.45) is 1.37. The van der Waals surface area contributed by atoms with E-state index in [9.17, 15) is 9.59 Å². The lowest BCUT2D eigenvalue weighted by molar-refractivity contribution is -0.141. The van der Waals surface area contributed by atoms with Crippen molar-refractivity contribution in [3.05, 3.63) is 70.6 Å². The molecule has 0 radical (unpaired) electrons. The molecule has 2 heterocycles. The maximum Gasteiger partial charge on any atom is 0.325 e. The predicted octanol–water partition coefficient (Wildman–Crippen LogP) is 3.52. The Kier molecular flexibility index (Phi) is 6.13. The first kappa shape index (κ1) is 20.8. The zero-order valence-corrected chi connectivity index (χ0v) is 18.3. The van der Waals surface area contributed by atoms with E-state index in [2.05, 4.69) is 31.3 Å². The Labute approximate surface area is 186 Å². The number of fused-ring (bicyclic) bond motifs is 3. The van der Waals surface area contributed by atoms with Gasteiger partial charge in [0.1, 0.15) is 19.5 Å². The molecule has 2 aromatic carbocycles. The van der Waals surface area contributed by atoms with Gasteiger partial charge in [0.15, 0.2) is 17.1 Å². The van der Waals surface area contributed by atoms with E-state index in [0.717, 1.165) is 15.4 Å². The number of rotatable bonds is 7.